The van der Waals surface area contributed by atoms with E-state index in [2.05, 4.69) is 21.7 Å². The third-order valence-corrected chi connectivity index (χ3v) is 6.42. The zero-order chi connectivity index (χ0) is 17.2. The molecule has 3 heterocycles. The van der Waals surface area contributed by atoms with Crippen molar-refractivity contribution in [3.63, 3.8) is 0 Å². The average Bonchev–Trinajstić information content (AvgIpc) is 3.24. The summed E-state index contributed by atoms with van der Waals surface area (Å²) in [6, 6.07) is 10.1. The second-order valence-corrected chi connectivity index (χ2v) is 8.19. The van der Waals surface area contributed by atoms with Crippen LogP contribution in [-0.2, 0) is 17.8 Å². The summed E-state index contributed by atoms with van der Waals surface area (Å²) in [6.45, 7) is 2.58. The Bertz CT molecular complexity index is 805. The molecule has 2 aliphatic heterocycles. The number of anilines is 2. The van der Waals surface area contributed by atoms with E-state index in [1.807, 2.05) is 35.6 Å². The van der Waals surface area contributed by atoms with Crippen molar-refractivity contribution >= 4 is 45.6 Å². The molecule has 1 aromatic carbocycles. The molecule has 0 radical (unpaired) electrons. The summed E-state index contributed by atoms with van der Waals surface area (Å²) < 4.78 is 0. The number of nitrogens with one attached hydrogen (secondary N) is 1. The van der Waals surface area contributed by atoms with Crippen molar-refractivity contribution in [3.8, 4) is 0 Å². The lowest BCUT2D eigenvalue weighted by atomic mass is 10.1. The minimum Gasteiger partial charge on any atom is -0.365 e. The van der Waals surface area contributed by atoms with E-state index in [-0.39, 0.29) is 17.7 Å². The van der Waals surface area contributed by atoms with Gasteiger partial charge < -0.3 is 15.1 Å². The summed E-state index contributed by atoms with van der Waals surface area (Å²) >= 11 is 3.09. The van der Waals surface area contributed by atoms with Gasteiger partial charge in [-0.15, -0.1) is 11.3 Å². The first-order chi connectivity index (χ1) is 12.2. The maximum Gasteiger partial charge on any atom is 0.282 e. The Kier molecular flexibility index (Phi) is 4.67. The number of rotatable bonds is 4. The van der Waals surface area contributed by atoms with E-state index in [9.17, 15) is 9.59 Å². The lowest BCUT2D eigenvalue weighted by Crippen LogP contribution is -2.34. The van der Waals surface area contributed by atoms with Gasteiger partial charge >= 0.3 is 0 Å². The molecule has 1 saturated heterocycles. The van der Waals surface area contributed by atoms with Crippen LogP contribution in [0, 0.1) is 0 Å². The molecule has 0 aliphatic carbocycles. The highest BCUT2D eigenvalue weighted by Crippen LogP contribution is 2.32. The molecule has 0 atom stereocenters. The number of hydrogen-bond acceptors (Lipinski definition) is 5. The second kappa shape index (κ2) is 7.09. The maximum atomic E-state index is 12.4. The molecule has 0 unspecified atom stereocenters. The summed E-state index contributed by atoms with van der Waals surface area (Å²) in [7, 11) is 0. The topological polar surface area (TPSA) is 52.7 Å². The summed E-state index contributed by atoms with van der Waals surface area (Å²) in [5.41, 5.74) is 3.22. The van der Waals surface area contributed by atoms with Crippen LogP contribution < -0.4 is 10.2 Å². The van der Waals surface area contributed by atoms with Crippen LogP contribution in [0.25, 0.3) is 0 Å². The molecule has 1 fully saturated rings. The van der Waals surface area contributed by atoms with Gasteiger partial charge in [0.2, 0.25) is 5.91 Å². The van der Waals surface area contributed by atoms with Crippen LogP contribution in [0.15, 0.2) is 35.7 Å². The van der Waals surface area contributed by atoms with Crippen molar-refractivity contribution in [3.05, 3.63) is 46.2 Å². The Balaban J connectivity index is 1.48. The number of fused-ring (bicyclic) bond motifs is 1. The predicted octanol–water partition coefficient (Wildman–Crippen LogP) is 3.42. The van der Waals surface area contributed by atoms with Crippen LogP contribution in [0.4, 0.5) is 16.2 Å². The molecular formula is C18H19N3O2S2. The van der Waals surface area contributed by atoms with Gasteiger partial charge in [0.05, 0.1) is 11.4 Å². The fraction of sp³-hybridized carbons (Fsp3) is 0.333. The normalized spacial score (nSPS) is 16.9. The Morgan fingerprint density at radius 1 is 1.20 bits per heavy atom. The van der Waals surface area contributed by atoms with Crippen LogP contribution in [0.5, 0.6) is 0 Å². The van der Waals surface area contributed by atoms with Gasteiger partial charge in [0.25, 0.3) is 5.24 Å². The largest absolute Gasteiger partial charge is 0.365 e. The highest BCUT2D eigenvalue weighted by Gasteiger charge is 2.24. The highest BCUT2D eigenvalue weighted by molar-refractivity contribution is 8.13. The number of carbonyl (C=O) groups excluding carboxylic acids is 2. The smallest absolute Gasteiger partial charge is 0.282 e. The van der Waals surface area contributed by atoms with Gasteiger partial charge in [-0.3, -0.25) is 9.59 Å². The first-order valence-electron chi connectivity index (χ1n) is 8.31. The minimum absolute atomic E-state index is 0.00977. The number of nitrogens with zero attached hydrogens (tertiary/aromatic N) is 2. The fourth-order valence-electron chi connectivity index (χ4n) is 3.24. The van der Waals surface area contributed by atoms with Crippen molar-refractivity contribution in [2.45, 2.75) is 13.0 Å². The fourth-order valence-corrected chi connectivity index (χ4v) is 4.96. The lowest BCUT2D eigenvalue weighted by Gasteiger charge is -2.30. The van der Waals surface area contributed by atoms with Gasteiger partial charge in [-0.1, -0.05) is 23.9 Å². The van der Waals surface area contributed by atoms with Crippen molar-refractivity contribution in [2.24, 2.45) is 0 Å². The molecule has 2 aliphatic rings. The highest BCUT2D eigenvalue weighted by atomic mass is 32.2. The van der Waals surface area contributed by atoms with E-state index in [4.69, 9.17) is 0 Å². The van der Waals surface area contributed by atoms with Crippen LogP contribution in [0.3, 0.4) is 0 Å². The molecule has 1 aromatic heterocycles. The SMILES string of the molecule is O=C(CN1CCSC1=O)Nc1ccccc1N1CCc2sccc2C1. The van der Waals surface area contributed by atoms with Crippen LogP contribution in [-0.4, -0.2) is 41.4 Å². The summed E-state index contributed by atoms with van der Waals surface area (Å²) in [5.74, 6) is 0.621. The van der Waals surface area contributed by atoms with Crippen molar-refractivity contribution < 1.29 is 9.59 Å². The first-order valence-corrected chi connectivity index (χ1v) is 10.2. The molecule has 0 spiro atoms. The molecule has 130 valence electrons. The number of thiophene rings is 1. The van der Waals surface area contributed by atoms with E-state index >= 15 is 0 Å². The third-order valence-electron chi connectivity index (χ3n) is 4.51. The van der Waals surface area contributed by atoms with Gasteiger partial charge in [0.15, 0.2) is 0 Å². The Hall–Kier alpha value is -1.99. The maximum absolute atomic E-state index is 12.4. The van der Waals surface area contributed by atoms with E-state index < -0.39 is 0 Å². The van der Waals surface area contributed by atoms with Crippen molar-refractivity contribution in [2.75, 3.05) is 35.6 Å². The molecule has 2 amide bonds. The van der Waals surface area contributed by atoms with E-state index in [1.165, 1.54) is 22.2 Å². The Morgan fingerprint density at radius 2 is 2.08 bits per heavy atom. The molecule has 0 saturated carbocycles. The summed E-state index contributed by atoms with van der Waals surface area (Å²) in [6.07, 6.45) is 1.04. The van der Waals surface area contributed by atoms with Gasteiger partial charge in [-0.25, -0.2) is 0 Å². The molecule has 5 nitrogen and oxygen atoms in total. The quantitative estimate of drug-likeness (QED) is 0.892. The Morgan fingerprint density at radius 3 is 2.92 bits per heavy atom. The molecule has 1 N–H and O–H groups in total. The van der Waals surface area contributed by atoms with E-state index in [0.29, 0.717) is 6.54 Å². The summed E-state index contributed by atoms with van der Waals surface area (Å²) in [5, 5.41) is 5.13. The molecule has 4 rings (SSSR count). The van der Waals surface area contributed by atoms with Crippen LogP contribution >= 0.6 is 23.1 Å². The average molecular weight is 374 g/mol. The first kappa shape index (κ1) is 16.5. The zero-order valence-corrected chi connectivity index (χ0v) is 15.4. The number of carbonyl (C=O) groups is 2. The second-order valence-electron chi connectivity index (χ2n) is 6.14. The molecule has 25 heavy (non-hydrogen) atoms. The minimum atomic E-state index is -0.142. The van der Waals surface area contributed by atoms with E-state index in [1.54, 1.807) is 4.90 Å². The number of benzene rings is 1. The van der Waals surface area contributed by atoms with Gasteiger partial charge in [0, 0.05) is 30.3 Å². The van der Waals surface area contributed by atoms with Gasteiger partial charge in [0.1, 0.15) is 6.54 Å². The molecule has 0 bridgehead atoms. The monoisotopic (exact) mass is 373 g/mol. The number of hydrogen-bond donors (Lipinski definition) is 1. The van der Waals surface area contributed by atoms with Crippen LogP contribution in [0.2, 0.25) is 0 Å². The number of thioether (sulfide) groups is 1. The number of amides is 2. The number of para-hydroxylation sites is 2. The Labute approximate surface area is 155 Å². The standard InChI is InChI=1S/C18H19N3O2S2/c22-17(12-21-8-10-25-18(21)23)19-14-3-1-2-4-15(14)20-7-5-16-13(11-20)6-9-24-16/h1-4,6,9H,5,7-8,10-12H2,(H,19,22). The van der Waals surface area contributed by atoms with Gasteiger partial charge in [-0.2, -0.15) is 0 Å². The summed E-state index contributed by atoms with van der Waals surface area (Å²) in [4.78, 5) is 29.4. The van der Waals surface area contributed by atoms with Crippen LogP contribution in [0.1, 0.15) is 10.4 Å². The molecular weight excluding hydrogens is 354 g/mol. The predicted molar refractivity (Wildman–Crippen MR) is 104 cm³/mol. The van der Waals surface area contributed by atoms with E-state index in [0.717, 1.165) is 36.6 Å². The third kappa shape index (κ3) is 3.52. The lowest BCUT2D eigenvalue weighted by molar-refractivity contribution is -0.116. The van der Waals surface area contributed by atoms with Crippen molar-refractivity contribution in [1.82, 2.24) is 4.90 Å². The van der Waals surface area contributed by atoms with Gasteiger partial charge in [-0.05, 0) is 35.6 Å². The molecule has 2 aromatic rings. The van der Waals surface area contributed by atoms with Crippen molar-refractivity contribution in [1.29, 1.82) is 0 Å². The zero-order valence-electron chi connectivity index (χ0n) is 13.7. The molecule has 7 heteroatoms.